The Morgan fingerprint density at radius 1 is 1.00 bits per heavy atom. The molecule has 0 aromatic heterocycles. The first kappa shape index (κ1) is 17.6. The number of carbonyl (C=O) groups is 1. The Labute approximate surface area is 148 Å². The molecule has 1 heterocycles. The van der Waals surface area contributed by atoms with E-state index in [-0.39, 0.29) is 11.5 Å². The van der Waals surface area contributed by atoms with Crippen molar-refractivity contribution in [2.45, 2.75) is 37.8 Å². The van der Waals surface area contributed by atoms with Crippen LogP contribution in [0, 0.1) is 13.8 Å². The Kier molecular flexibility index (Phi) is 4.67. The van der Waals surface area contributed by atoms with Crippen LogP contribution < -0.4 is 0 Å². The zero-order valence-corrected chi connectivity index (χ0v) is 15.3. The van der Waals surface area contributed by atoms with E-state index >= 15 is 0 Å². The van der Waals surface area contributed by atoms with E-state index in [0.717, 1.165) is 16.7 Å². The van der Waals surface area contributed by atoms with Crippen LogP contribution in [0.1, 0.15) is 29.7 Å². The molecule has 2 aromatic rings. The van der Waals surface area contributed by atoms with Gasteiger partial charge in [-0.05, 0) is 38.5 Å². The average Bonchev–Trinajstić information content (AvgIpc) is 3.33. The summed E-state index contributed by atoms with van der Waals surface area (Å²) in [7, 11) is -3.77. The summed E-state index contributed by atoms with van der Waals surface area (Å²) < 4.78 is 32.3. The summed E-state index contributed by atoms with van der Waals surface area (Å²) in [5.74, 6) is -0.510. The molecular formula is C19H21NO4S. The first-order valence-electron chi connectivity index (χ1n) is 8.19. The number of nitrogens with zero attached hydrogens (tertiary/aromatic N) is 1. The van der Waals surface area contributed by atoms with Gasteiger partial charge in [0, 0.05) is 0 Å². The minimum absolute atomic E-state index is 0.182. The van der Waals surface area contributed by atoms with Crippen molar-refractivity contribution in [2.75, 3.05) is 6.61 Å². The van der Waals surface area contributed by atoms with Crippen molar-refractivity contribution < 1.29 is 17.9 Å². The lowest BCUT2D eigenvalue weighted by Gasteiger charge is -2.07. The maximum absolute atomic E-state index is 13.0. The largest absolute Gasteiger partial charge is 0.465 e. The third-order valence-electron chi connectivity index (χ3n) is 4.30. The van der Waals surface area contributed by atoms with E-state index in [9.17, 15) is 13.2 Å². The topological polar surface area (TPSA) is 63.5 Å². The van der Waals surface area contributed by atoms with Crippen molar-refractivity contribution in [2.24, 2.45) is 0 Å². The Morgan fingerprint density at radius 3 is 2.04 bits per heavy atom. The van der Waals surface area contributed by atoms with Crippen LogP contribution in [0.3, 0.4) is 0 Å². The number of sulfonamides is 1. The number of rotatable bonds is 5. The molecule has 132 valence electrons. The quantitative estimate of drug-likeness (QED) is 0.608. The number of aryl methyl sites for hydroxylation is 2. The van der Waals surface area contributed by atoms with Crippen molar-refractivity contribution in [1.82, 2.24) is 4.31 Å². The molecule has 1 fully saturated rings. The van der Waals surface area contributed by atoms with E-state index < -0.39 is 28.1 Å². The molecule has 1 aliphatic heterocycles. The second-order valence-electron chi connectivity index (χ2n) is 6.20. The van der Waals surface area contributed by atoms with Gasteiger partial charge in [0.05, 0.1) is 17.5 Å². The monoisotopic (exact) mass is 359 g/mol. The van der Waals surface area contributed by atoms with Crippen LogP contribution in [0.25, 0.3) is 0 Å². The van der Waals surface area contributed by atoms with Gasteiger partial charge in [0.2, 0.25) is 10.0 Å². The van der Waals surface area contributed by atoms with Crippen molar-refractivity contribution in [3.63, 3.8) is 0 Å². The zero-order chi connectivity index (χ0) is 18.2. The van der Waals surface area contributed by atoms with E-state index in [1.54, 1.807) is 31.2 Å². The van der Waals surface area contributed by atoms with Crippen LogP contribution in [0.5, 0.6) is 0 Å². The first-order chi connectivity index (χ1) is 11.9. The number of benzene rings is 2. The third kappa shape index (κ3) is 3.32. The lowest BCUT2D eigenvalue weighted by Crippen LogP contribution is -2.21. The lowest BCUT2D eigenvalue weighted by atomic mass is 10.1. The summed E-state index contributed by atoms with van der Waals surface area (Å²) in [4.78, 5) is 12.5. The van der Waals surface area contributed by atoms with Gasteiger partial charge in [0.1, 0.15) is 6.04 Å². The molecule has 0 amide bonds. The molecule has 3 atom stereocenters. The number of esters is 1. The molecule has 1 saturated heterocycles. The predicted molar refractivity (Wildman–Crippen MR) is 94.5 cm³/mol. The highest BCUT2D eigenvalue weighted by Crippen LogP contribution is 2.48. The van der Waals surface area contributed by atoms with Crippen LogP contribution in [-0.4, -0.2) is 31.3 Å². The highest BCUT2D eigenvalue weighted by Gasteiger charge is 2.61. The van der Waals surface area contributed by atoms with E-state index in [1.165, 1.54) is 4.31 Å². The van der Waals surface area contributed by atoms with Gasteiger partial charge in [0.25, 0.3) is 0 Å². The Morgan fingerprint density at radius 2 is 1.52 bits per heavy atom. The van der Waals surface area contributed by atoms with Crippen LogP contribution >= 0.6 is 0 Å². The average molecular weight is 359 g/mol. The van der Waals surface area contributed by atoms with Crippen molar-refractivity contribution in [1.29, 1.82) is 0 Å². The maximum atomic E-state index is 13.0. The third-order valence-corrected chi connectivity index (χ3v) is 6.18. The fraction of sp³-hybridized carbons (Fsp3) is 0.316. The molecule has 5 nitrogen and oxygen atoms in total. The standard InChI is InChI=1S/C19H21NO4S/c1-4-24-19(21)18-17(15-9-5-13(2)6-10-15)20(18)25(22,23)16-11-7-14(3)8-12-16/h5-12,17-18H,4H2,1-3H3. The lowest BCUT2D eigenvalue weighted by molar-refractivity contribution is -0.143. The second kappa shape index (κ2) is 6.61. The van der Waals surface area contributed by atoms with Crippen molar-refractivity contribution in [3.05, 3.63) is 65.2 Å². The number of hydrogen-bond acceptors (Lipinski definition) is 4. The minimum atomic E-state index is -3.77. The molecule has 2 aromatic carbocycles. The fourth-order valence-corrected chi connectivity index (χ4v) is 4.60. The van der Waals surface area contributed by atoms with Gasteiger partial charge in [-0.2, -0.15) is 4.31 Å². The van der Waals surface area contributed by atoms with Gasteiger partial charge >= 0.3 is 5.97 Å². The van der Waals surface area contributed by atoms with E-state index in [4.69, 9.17) is 4.74 Å². The first-order valence-corrected chi connectivity index (χ1v) is 9.63. The molecule has 0 aliphatic carbocycles. The molecule has 0 spiro atoms. The molecule has 0 saturated carbocycles. The Bertz CT molecular complexity index is 873. The van der Waals surface area contributed by atoms with Crippen LogP contribution in [0.4, 0.5) is 0 Å². The van der Waals surface area contributed by atoms with Crippen LogP contribution in [0.2, 0.25) is 0 Å². The highest BCUT2D eigenvalue weighted by atomic mass is 32.2. The SMILES string of the molecule is CCOC(=O)C1C(c2ccc(C)cc2)N1S(=O)(=O)c1ccc(C)cc1. The molecule has 3 rings (SSSR count). The Hall–Kier alpha value is -2.18. The summed E-state index contributed by atoms with van der Waals surface area (Å²) in [6, 6.07) is 12.8. The molecule has 1 aliphatic rings. The van der Waals surface area contributed by atoms with Gasteiger partial charge in [0.15, 0.2) is 0 Å². The number of carbonyl (C=O) groups excluding carboxylic acids is 1. The smallest absolute Gasteiger partial charge is 0.326 e. The summed E-state index contributed by atoms with van der Waals surface area (Å²) in [6.45, 7) is 5.78. The number of hydrogen-bond donors (Lipinski definition) is 0. The molecular weight excluding hydrogens is 338 g/mol. The molecule has 3 unspecified atom stereocenters. The maximum Gasteiger partial charge on any atom is 0.326 e. The van der Waals surface area contributed by atoms with Gasteiger partial charge in [-0.1, -0.05) is 47.5 Å². The molecule has 25 heavy (non-hydrogen) atoms. The summed E-state index contributed by atoms with van der Waals surface area (Å²) >= 11 is 0. The van der Waals surface area contributed by atoms with Gasteiger partial charge < -0.3 is 4.74 Å². The van der Waals surface area contributed by atoms with Crippen molar-refractivity contribution >= 4 is 16.0 Å². The van der Waals surface area contributed by atoms with Gasteiger partial charge in [-0.25, -0.2) is 8.42 Å². The molecule has 0 bridgehead atoms. The number of ether oxygens (including phenoxy) is 1. The van der Waals surface area contributed by atoms with Crippen LogP contribution in [-0.2, 0) is 19.6 Å². The molecule has 0 N–H and O–H groups in total. The van der Waals surface area contributed by atoms with Gasteiger partial charge in [-0.3, -0.25) is 4.79 Å². The molecule has 0 radical (unpaired) electrons. The summed E-state index contributed by atoms with van der Waals surface area (Å²) in [6.07, 6.45) is 0. The molecule has 6 heteroatoms. The second-order valence-corrected chi connectivity index (χ2v) is 8.04. The predicted octanol–water partition coefficient (Wildman–Crippen LogP) is 2.98. The van der Waals surface area contributed by atoms with E-state index in [0.29, 0.717) is 0 Å². The summed E-state index contributed by atoms with van der Waals surface area (Å²) in [5.41, 5.74) is 2.84. The van der Waals surface area contributed by atoms with Gasteiger partial charge in [-0.15, -0.1) is 0 Å². The fourth-order valence-electron chi connectivity index (χ4n) is 2.90. The summed E-state index contributed by atoms with van der Waals surface area (Å²) in [5, 5.41) is 0. The Balaban J connectivity index is 1.97. The normalized spacial score (nSPS) is 22.4. The highest BCUT2D eigenvalue weighted by molar-refractivity contribution is 7.89. The zero-order valence-electron chi connectivity index (χ0n) is 14.5. The van der Waals surface area contributed by atoms with Crippen molar-refractivity contribution in [3.8, 4) is 0 Å². The van der Waals surface area contributed by atoms with Crippen LogP contribution in [0.15, 0.2) is 53.4 Å². The van der Waals surface area contributed by atoms with E-state index in [1.807, 2.05) is 38.1 Å². The van der Waals surface area contributed by atoms with E-state index in [2.05, 4.69) is 0 Å². The minimum Gasteiger partial charge on any atom is -0.465 e.